The molecule has 68 valence electrons. The lowest BCUT2D eigenvalue weighted by Crippen LogP contribution is -2.17. The normalized spacial score (nSPS) is 10.9. The number of hydrogen-bond acceptors (Lipinski definition) is 4. The molecule has 0 atom stereocenters. The molecule has 2 rings (SSSR count). The van der Waals surface area contributed by atoms with Crippen molar-refractivity contribution in [1.82, 2.24) is 19.6 Å². The van der Waals surface area contributed by atoms with Gasteiger partial charge in [0.05, 0.1) is 6.54 Å². The zero-order valence-electron chi connectivity index (χ0n) is 7.11. The molecule has 0 amide bonds. The molecule has 13 heavy (non-hydrogen) atoms. The molecular weight excluding hydrogens is 170 g/mol. The van der Waals surface area contributed by atoms with Gasteiger partial charge in [-0.25, -0.2) is 14.5 Å². The van der Waals surface area contributed by atoms with Crippen molar-refractivity contribution in [3.63, 3.8) is 0 Å². The van der Waals surface area contributed by atoms with E-state index in [2.05, 4.69) is 15.2 Å². The van der Waals surface area contributed by atoms with Gasteiger partial charge in [-0.15, -0.1) is 0 Å². The highest BCUT2D eigenvalue weighted by molar-refractivity contribution is 5.28. The second kappa shape index (κ2) is 2.67. The second-order valence-corrected chi connectivity index (χ2v) is 2.74. The molecule has 0 saturated heterocycles. The number of aromatic amines is 1. The SMILES string of the molecule is Cc1cc(=O)n2c(CN)n[nH]c2n1. The fourth-order valence-corrected chi connectivity index (χ4v) is 1.22. The van der Waals surface area contributed by atoms with Crippen LogP contribution in [0.1, 0.15) is 11.5 Å². The van der Waals surface area contributed by atoms with Crippen molar-refractivity contribution in [2.24, 2.45) is 5.73 Å². The molecule has 0 aliphatic heterocycles. The van der Waals surface area contributed by atoms with Gasteiger partial charge in [0, 0.05) is 11.8 Å². The molecule has 3 N–H and O–H groups in total. The summed E-state index contributed by atoms with van der Waals surface area (Å²) in [6, 6.07) is 1.45. The summed E-state index contributed by atoms with van der Waals surface area (Å²) in [4.78, 5) is 15.5. The Hall–Kier alpha value is -1.69. The van der Waals surface area contributed by atoms with Gasteiger partial charge in [-0.1, -0.05) is 0 Å². The van der Waals surface area contributed by atoms with Crippen LogP contribution in [0.4, 0.5) is 0 Å². The first-order valence-electron chi connectivity index (χ1n) is 3.86. The third-order valence-corrected chi connectivity index (χ3v) is 1.77. The summed E-state index contributed by atoms with van der Waals surface area (Å²) in [5, 5.41) is 6.51. The van der Waals surface area contributed by atoms with Gasteiger partial charge in [-0.2, -0.15) is 5.10 Å². The molecule has 6 heteroatoms. The first-order valence-corrected chi connectivity index (χ1v) is 3.86. The maximum atomic E-state index is 11.4. The summed E-state index contributed by atoms with van der Waals surface area (Å²) in [6.07, 6.45) is 0. The zero-order chi connectivity index (χ0) is 9.42. The minimum atomic E-state index is -0.156. The highest BCUT2D eigenvalue weighted by Gasteiger charge is 2.06. The Bertz CT molecular complexity index is 497. The summed E-state index contributed by atoms with van der Waals surface area (Å²) in [5.41, 5.74) is 5.91. The lowest BCUT2D eigenvalue weighted by molar-refractivity contribution is 0.864. The number of nitrogens with two attached hydrogens (primary N) is 1. The average molecular weight is 179 g/mol. The number of aryl methyl sites for hydroxylation is 1. The molecule has 0 unspecified atom stereocenters. The fourth-order valence-electron chi connectivity index (χ4n) is 1.22. The Balaban J connectivity index is 2.90. The van der Waals surface area contributed by atoms with Gasteiger partial charge in [0.2, 0.25) is 5.78 Å². The number of rotatable bonds is 1. The van der Waals surface area contributed by atoms with Crippen LogP contribution in [0.2, 0.25) is 0 Å². The largest absolute Gasteiger partial charge is 0.324 e. The van der Waals surface area contributed by atoms with Gasteiger partial charge in [0.15, 0.2) is 5.82 Å². The van der Waals surface area contributed by atoms with Crippen LogP contribution in [0.25, 0.3) is 5.78 Å². The first-order chi connectivity index (χ1) is 6.22. The lowest BCUT2D eigenvalue weighted by Gasteiger charge is -1.94. The summed E-state index contributed by atoms with van der Waals surface area (Å²) < 4.78 is 1.37. The molecule has 0 fully saturated rings. The zero-order valence-corrected chi connectivity index (χ0v) is 7.11. The van der Waals surface area contributed by atoms with Crippen LogP contribution in [0.5, 0.6) is 0 Å². The molecule has 0 bridgehead atoms. The maximum absolute atomic E-state index is 11.4. The summed E-state index contributed by atoms with van der Waals surface area (Å²) in [5.74, 6) is 0.929. The molecule has 0 aliphatic rings. The Labute approximate surface area is 73.4 Å². The van der Waals surface area contributed by atoms with Crippen molar-refractivity contribution in [2.45, 2.75) is 13.5 Å². The van der Waals surface area contributed by atoms with E-state index in [1.54, 1.807) is 6.92 Å². The van der Waals surface area contributed by atoms with Crippen LogP contribution in [-0.4, -0.2) is 19.6 Å². The van der Waals surface area contributed by atoms with E-state index in [0.717, 1.165) is 0 Å². The number of fused-ring (bicyclic) bond motifs is 1. The van der Waals surface area contributed by atoms with Crippen LogP contribution < -0.4 is 11.3 Å². The average Bonchev–Trinajstić information content (AvgIpc) is 2.47. The lowest BCUT2D eigenvalue weighted by atomic mass is 10.4. The van der Waals surface area contributed by atoms with E-state index in [0.29, 0.717) is 17.3 Å². The van der Waals surface area contributed by atoms with Gasteiger partial charge >= 0.3 is 0 Å². The van der Waals surface area contributed by atoms with Gasteiger partial charge in [0.1, 0.15) is 0 Å². The summed E-state index contributed by atoms with van der Waals surface area (Å²) >= 11 is 0. The number of hydrogen-bond donors (Lipinski definition) is 2. The first kappa shape index (κ1) is 7.93. The van der Waals surface area contributed by atoms with Crippen LogP contribution >= 0.6 is 0 Å². The third-order valence-electron chi connectivity index (χ3n) is 1.77. The Kier molecular flexibility index (Phi) is 1.63. The van der Waals surface area contributed by atoms with Gasteiger partial charge in [0.25, 0.3) is 5.56 Å². The van der Waals surface area contributed by atoms with Gasteiger partial charge in [-0.05, 0) is 6.92 Å². The van der Waals surface area contributed by atoms with Crippen molar-refractivity contribution in [2.75, 3.05) is 0 Å². The molecule has 6 nitrogen and oxygen atoms in total. The minimum absolute atomic E-state index is 0.156. The maximum Gasteiger partial charge on any atom is 0.260 e. The van der Waals surface area contributed by atoms with Crippen LogP contribution in [0.15, 0.2) is 10.9 Å². The van der Waals surface area contributed by atoms with E-state index in [-0.39, 0.29) is 12.1 Å². The number of aromatic nitrogens is 4. The monoisotopic (exact) mass is 179 g/mol. The predicted octanol–water partition coefficient (Wildman–Crippen LogP) is -0.815. The smallest absolute Gasteiger partial charge is 0.260 e. The summed E-state index contributed by atoms with van der Waals surface area (Å²) in [7, 11) is 0. The Morgan fingerprint density at radius 3 is 3.15 bits per heavy atom. The van der Waals surface area contributed by atoms with Crippen molar-refractivity contribution in [3.05, 3.63) is 27.9 Å². The Morgan fingerprint density at radius 1 is 1.69 bits per heavy atom. The van der Waals surface area contributed by atoms with Crippen molar-refractivity contribution in [1.29, 1.82) is 0 Å². The van der Waals surface area contributed by atoms with Crippen LogP contribution in [-0.2, 0) is 6.54 Å². The summed E-state index contributed by atoms with van der Waals surface area (Å²) in [6.45, 7) is 1.97. The van der Waals surface area contributed by atoms with Crippen molar-refractivity contribution >= 4 is 5.78 Å². The van der Waals surface area contributed by atoms with Crippen LogP contribution in [0, 0.1) is 6.92 Å². The van der Waals surface area contributed by atoms with E-state index >= 15 is 0 Å². The van der Waals surface area contributed by atoms with E-state index < -0.39 is 0 Å². The Morgan fingerprint density at radius 2 is 2.46 bits per heavy atom. The van der Waals surface area contributed by atoms with Crippen LogP contribution in [0.3, 0.4) is 0 Å². The molecule has 0 aliphatic carbocycles. The van der Waals surface area contributed by atoms with E-state index in [4.69, 9.17) is 5.73 Å². The van der Waals surface area contributed by atoms with Crippen molar-refractivity contribution in [3.8, 4) is 0 Å². The fraction of sp³-hybridized carbons (Fsp3) is 0.286. The topological polar surface area (TPSA) is 89.1 Å². The quantitative estimate of drug-likeness (QED) is 0.598. The number of nitrogens with one attached hydrogen (secondary N) is 1. The minimum Gasteiger partial charge on any atom is -0.324 e. The van der Waals surface area contributed by atoms with Gasteiger partial charge < -0.3 is 5.73 Å². The molecule has 0 spiro atoms. The standard InChI is InChI=1S/C7H9N5O/c1-4-2-6(13)12-5(3-8)10-11-7(12)9-4/h2H,3,8H2,1H3,(H,9,11). The molecule has 2 heterocycles. The molecule has 0 saturated carbocycles. The molecule has 2 aromatic rings. The van der Waals surface area contributed by atoms with Crippen molar-refractivity contribution < 1.29 is 0 Å². The third kappa shape index (κ3) is 1.11. The molecule has 2 aromatic heterocycles. The molecule has 0 aromatic carbocycles. The predicted molar refractivity (Wildman–Crippen MR) is 46.2 cm³/mol. The van der Waals surface area contributed by atoms with E-state index in [1.165, 1.54) is 10.5 Å². The second-order valence-electron chi connectivity index (χ2n) is 2.74. The molecular formula is C7H9N5O. The highest BCUT2D eigenvalue weighted by atomic mass is 16.1. The highest BCUT2D eigenvalue weighted by Crippen LogP contribution is 1.96. The molecule has 0 radical (unpaired) electrons. The van der Waals surface area contributed by atoms with E-state index in [1.807, 2.05) is 0 Å². The van der Waals surface area contributed by atoms with Gasteiger partial charge in [-0.3, -0.25) is 4.79 Å². The van der Waals surface area contributed by atoms with E-state index in [9.17, 15) is 4.79 Å². The number of H-pyrrole nitrogens is 1. The number of nitrogens with zero attached hydrogens (tertiary/aromatic N) is 3.